The van der Waals surface area contributed by atoms with Gasteiger partial charge in [0.2, 0.25) is 5.91 Å². The van der Waals surface area contributed by atoms with Crippen molar-refractivity contribution in [1.29, 1.82) is 0 Å². The van der Waals surface area contributed by atoms with E-state index in [2.05, 4.69) is 6.92 Å². The number of ether oxygens (including phenoxy) is 2. The lowest BCUT2D eigenvalue weighted by atomic mass is 10.00. The molecule has 0 heterocycles. The van der Waals surface area contributed by atoms with Gasteiger partial charge in [0, 0.05) is 12.2 Å². The minimum absolute atomic E-state index is 0.374. The smallest absolute Gasteiger partial charge is 0.248 e. The molecule has 0 fully saturated rings. The molecule has 1 aromatic rings. The molecule has 0 spiro atoms. The molecule has 21 heavy (non-hydrogen) atoms. The second-order valence-corrected chi connectivity index (χ2v) is 5.04. The Kier molecular flexibility index (Phi) is 8.51. The maximum absolute atomic E-state index is 11.5. The fraction of sp³-hybridized carbons (Fsp3) is 0.588. The maximum atomic E-state index is 11.5. The van der Waals surface area contributed by atoms with Crippen molar-refractivity contribution in [3.05, 3.63) is 29.3 Å². The van der Waals surface area contributed by atoms with Crippen LogP contribution in [0, 0.1) is 0 Å². The minimum atomic E-state index is -0.374. The fourth-order valence-corrected chi connectivity index (χ4v) is 2.21. The van der Waals surface area contributed by atoms with Gasteiger partial charge in [0.25, 0.3) is 0 Å². The molecule has 0 radical (unpaired) electrons. The predicted octanol–water partition coefficient (Wildman–Crippen LogP) is 3.32. The van der Waals surface area contributed by atoms with Crippen molar-refractivity contribution in [1.82, 2.24) is 0 Å². The SMILES string of the molecule is CCCCCCc1cc(OCCOCC)ccc1C(N)=O. The number of primary amides is 1. The van der Waals surface area contributed by atoms with E-state index in [1.165, 1.54) is 19.3 Å². The Balaban J connectivity index is 2.64. The largest absolute Gasteiger partial charge is 0.491 e. The van der Waals surface area contributed by atoms with Gasteiger partial charge in [0.05, 0.1) is 6.61 Å². The van der Waals surface area contributed by atoms with E-state index < -0.39 is 0 Å². The van der Waals surface area contributed by atoms with E-state index in [1.807, 2.05) is 13.0 Å². The first kappa shape index (κ1) is 17.5. The third kappa shape index (κ3) is 6.63. The van der Waals surface area contributed by atoms with E-state index in [0.717, 1.165) is 24.2 Å². The number of benzene rings is 1. The molecule has 4 heteroatoms. The van der Waals surface area contributed by atoms with E-state index in [9.17, 15) is 4.79 Å². The number of hydrogen-bond acceptors (Lipinski definition) is 3. The summed E-state index contributed by atoms with van der Waals surface area (Å²) in [6.07, 6.45) is 5.52. The average Bonchev–Trinajstić information content (AvgIpc) is 2.48. The van der Waals surface area contributed by atoms with Gasteiger partial charge in [-0.1, -0.05) is 26.2 Å². The second kappa shape index (κ2) is 10.2. The molecular weight excluding hydrogens is 266 g/mol. The number of nitrogens with two attached hydrogens (primary N) is 1. The van der Waals surface area contributed by atoms with Gasteiger partial charge in [-0.2, -0.15) is 0 Å². The third-order valence-electron chi connectivity index (χ3n) is 3.34. The summed E-state index contributed by atoms with van der Waals surface area (Å²) in [5.41, 5.74) is 7.01. The summed E-state index contributed by atoms with van der Waals surface area (Å²) < 4.78 is 10.9. The standard InChI is InChI=1S/C17H27NO3/c1-3-5-6-7-8-14-13-15(21-12-11-20-4-2)9-10-16(14)17(18)19/h9-10,13H,3-8,11-12H2,1-2H3,(H2,18,19). The molecule has 1 rings (SSSR count). The van der Waals surface area contributed by atoms with Crippen LogP contribution in [0.25, 0.3) is 0 Å². The van der Waals surface area contributed by atoms with Crippen LogP contribution in [0.3, 0.4) is 0 Å². The molecule has 0 aliphatic heterocycles. The van der Waals surface area contributed by atoms with Gasteiger partial charge in [-0.15, -0.1) is 0 Å². The molecule has 1 aromatic carbocycles. The van der Waals surface area contributed by atoms with Gasteiger partial charge in [0.15, 0.2) is 0 Å². The topological polar surface area (TPSA) is 61.6 Å². The summed E-state index contributed by atoms with van der Waals surface area (Å²) in [7, 11) is 0. The Morgan fingerprint density at radius 3 is 2.62 bits per heavy atom. The van der Waals surface area contributed by atoms with Crippen LogP contribution in [-0.2, 0) is 11.2 Å². The highest BCUT2D eigenvalue weighted by molar-refractivity contribution is 5.94. The van der Waals surface area contributed by atoms with Crippen LogP contribution in [-0.4, -0.2) is 25.7 Å². The summed E-state index contributed by atoms with van der Waals surface area (Å²) in [6, 6.07) is 5.48. The summed E-state index contributed by atoms with van der Waals surface area (Å²) in [5.74, 6) is 0.395. The zero-order valence-corrected chi connectivity index (χ0v) is 13.2. The van der Waals surface area contributed by atoms with Gasteiger partial charge < -0.3 is 15.2 Å². The van der Waals surface area contributed by atoms with Crippen LogP contribution in [0.4, 0.5) is 0 Å². The van der Waals surface area contributed by atoms with Crippen LogP contribution in [0.1, 0.15) is 55.5 Å². The van der Waals surface area contributed by atoms with Crippen molar-refractivity contribution in [2.24, 2.45) is 5.73 Å². The molecule has 0 aliphatic rings. The molecule has 118 valence electrons. The van der Waals surface area contributed by atoms with Gasteiger partial charge in [-0.3, -0.25) is 4.79 Å². The lowest BCUT2D eigenvalue weighted by Gasteiger charge is -2.11. The second-order valence-electron chi connectivity index (χ2n) is 5.04. The monoisotopic (exact) mass is 293 g/mol. The van der Waals surface area contributed by atoms with Gasteiger partial charge in [0.1, 0.15) is 12.4 Å². The van der Waals surface area contributed by atoms with Crippen LogP contribution < -0.4 is 10.5 Å². The Hall–Kier alpha value is -1.55. The zero-order valence-electron chi connectivity index (χ0n) is 13.2. The van der Waals surface area contributed by atoms with Crippen molar-refractivity contribution in [2.45, 2.75) is 46.0 Å². The molecule has 0 saturated heterocycles. The van der Waals surface area contributed by atoms with E-state index in [0.29, 0.717) is 25.4 Å². The Morgan fingerprint density at radius 2 is 1.95 bits per heavy atom. The first-order valence-electron chi connectivity index (χ1n) is 7.82. The summed E-state index contributed by atoms with van der Waals surface area (Å²) in [4.78, 5) is 11.5. The molecule has 0 aliphatic carbocycles. The summed E-state index contributed by atoms with van der Waals surface area (Å²) in [6.45, 7) is 5.91. The van der Waals surface area contributed by atoms with E-state index in [-0.39, 0.29) is 5.91 Å². The van der Waals surface area contributed by atoms with Crippen molar-refractivity contribution in [3.8, 4) is 5.75 Å². The molecule has 0 atom stereocenters. The molecule has 1 amide bonds. The number of aryl methyl sites for hydroxylation is 1. The predicted molar refractivity (Wildman–Crippen MR) is 84.8 cm³/mol. The highest BCUT2D eigenvalue weighted by Crippen LogP contribution is 2.20. The molecule has 4 nitrogen and oxygen atoms in total. The van der Waals surface area contributed by atoms with Crippen molar-refractivity contribution in [3.63, 3.8) is 0 Å². The number of carbonyl (C=O) groups is 1. The van der Waals surface area contributed by atoms with Gasteiger partial charge >= 0.3 is 0 Å². The number of unbranched alkanes of at least 4 members (excludes halogenated alkanes) is 3. The Morgan fingerprint density at radius 1 is 1.14 bits per heavy atom. The zero-order chi connectivity index (χ0) is 15.5. The third-order valence-corrected chi connectivity index (χ3v) is 3.34. The van der Waals surface area contributed by atoms with Crippen molar-refractivity contribution < 1.29 is 14.3 Å². The van der Waals surface area contributed by atoms with Gasteiger partial charge in [-0.05, 0) is 43.5 Å². The summed E-state index contributed by atoms with van der Waals surface area (Å²) >= 11 is 0. The highest BCUT2D eigenvalue weighted by Gasteiger charge is 2.09. The number of amides is 1. The summed E-state index contributed by atoms with van der Waals surface area (Å²) in [5, 5.41) is 0. The Labute approximate surface area is 127 Å². The van der Waals surface area contributed by atoms with E-state index >= 15 is 0 Å². The normalized spacial score (nSPS) is 10.6. The van der Waals surface area contributed by atoms with Crippen LogP contribution in [0.2, 0.25) is 0 Å². The quantitative estimate of drug-likeness (QED) is 0.637. The minimum Gasteiger partial charge on any atom is -0.491 e. The van der Waals surface area contributed by atoms with Crippen LogP contribution >= 0.6 is 0 Å². The van der Waals surface area contributed by atoms with E-state index in [4.69, 9.17) is 15.2 Å². The molecule has 0 unspecified atom stereocenters. The van der Waals surface area contributed by atoms with Crippen LogP contribution in [0.15, 0.2) is 18.2 Å². The fourth-order valence-electron chi connectivity index (χ4n) is 2.21. The first-order chi connectivity index (χ1) is 10.2. The Bertz CT molecular complexity index is 432. The number of rotatable bonds is 11. The average molecular weight is 293 g/mol. The first-order valence-corrected chi connectivity index (χ1v) is 7.82. The van der Waals surface area contributed by atoms with Gasteiger partial charge in [-0.25, -0.2) is 0 Å². The lowest BCUT2D eigenvalue weighted by molar-refractivity contribution is 0.0998. The van der Waals surface area contributed by atoms with Crippen molar-refractivity contribution in [2.75, 3.05) is 19.8 Å². The highest BCUT2D eigenvalue weighted by atomic mass is 16.5. The van der Waals surface area contributed by atoms with Crippen LogP contribution in [0.5, 0.6) is 5.75 Å². The molecule has 0 saturated carbocycles. The molecular formula is C17H27NO3. The lowest BCUT2D eigenvalue weighted by Crippen LogP contribution is -2.14. The van der Waals surface area contributed by atoms with E-state index in [1.54, 1.807) is 12.1 Å². The molecule has 0 bridgehead atoms. The van der Waals surface area contributed by atoms with Crippen molar-refractivity contribution >= 4 is 5.91 Å². The number of carbonyl (C=O) groups excluding carboxylic acids is 1. The molecule has 2 N–H and O–H groups in total. The number of hydrogen-bond donors (Lipinski definition) is 1. The maximum Gasteiger partial charge on any atom is 0.248 e. The molecule has 0 aromatic heterocycles.